The summed E-state index contributed by atoms with van der Waals surface area (Å²) in [6, 6.07) is 1.87. The second-order valence-corrected chi connectivity index (χ2v) is 3.99. The molecule has 2 nitrogen and oxygen atoms in total. The van der Waals surface area contributed by atoms with Crippen molar-refractivity contribution in [1.29, 1.82) is 0 Å². The summed E-state index contributed by atoms with van der Waals surface area (Å²) < 4.78 is 5.52. The van der Waals surface area contributed by atoms with Crippen LogP contribution in [0.4, 0.5) is 0 Å². The van der Waals surface area contributed by atoms with Crippen molar-refractivity contribution in [2.24, 2.45) is 0 Å². The van der Waals surface area contributed by atoms with E-state index >= 15 is 0 Å². The molecular weight excluding hydrogens is 150 g/mol. The maximum absolute atomic E-state index is 5.52. The first-order valence-corrected chi connectivity index (χ1v) is 5.02. The molecule has 0 N–H and O–H groups in total. The number of nitrogens with zero attached hydrogens (tertiary/aromatic N) is 1. The standard InChI is InChI=1S/C10H21NO/c1-5-10-7-12-6-9(4)11(10)8(2)3/h8-10H,5-7H2,1-4H3. The normalized spacial score (nSPS) is 32.8. The zero-order chi connectivity index (χ0) is 9.14. The van der Waals surface area contributed by atoms with E-state index in [4.69, 9.17) is 4.74 Å². The highest BCUT2D eigenvalue weighted by molar-refractivity contribution is 4.82. The molecule has 1 fully saturated rings. The molecule has 0 amide bonds. The highest BCUT2D eigenvalue weighted by atomic mass is 16.5. The van der Waals surface area contributed by atoms with Crippen molar-refractivity contribution in [2.75, 3.05) is 13.2 Å². The first-order chi connectivity index (χ1) is 5.66. The Kier molecular flexibility index (Phi) is 3.53. The Morgan fingerprint density at radius 2 is 2.08 bits per heavy atom. The third kappa shape index (κ3) is 1.99. The largest absolute Gasteiger partial charge is 0.378 e. The average Bonchev–Trinajstić information content (AvgIpc) is 2.03. The van der Waals surface area contributed by atoms with Crippen LogP contribution in [0.3, 0.4) is 0 Å². The van der Waals surface area contributed by atoms with Gasteiger partial charge in [-0.15, -0.1) is 0 Å². The molecule has 0 aromatic rings. The lowest BCUT2D eigenvalue weighted by Gasteiger charge is -2.42. The molecule has 1 saturated heterocycles. The number of rotatable bonds is 2. The van der Waals surface area contributed by atoms with Crippen molar-refractivity contribution in [3.8, 4) is 0 Å². The summed E-state index contributed by atoms with van der Waals surface area (Å²) in [5.41, 5.74) is 0. The minimum atomic E-state index is 0.587. The van der Waals surface area contributed by atoms with Crippen molar-refractivity contribution in [3.63, 3.8) is 0 Å². The number of hydrogen-bond acceptors (Lipinski definition) is 2. The van der Waals surface area contributed by atoms with Gasteiger partial charge in [0.15, 0.2) is 0 Å². The van der Waals surface area contributed by atoms with E-state index in [-0.39, 0.29) is 0 Å². The monoisotopic (exact) mass is 171 g/mol. The molecule has 0 aliphatic carbocycles. The SMILES string of the molecule is CCC1COCC(C)N1C(C)C. The van der Waals surface area contributed by atoms with E-state index < -0.39 is 0 Å². The Morgan fingerprint density at radius 1 is 1.42 bits per heavy atom. The topological polar surface area (TPSA) is 12.5 Å². The Hall–Kier alpha value is -0.0800. The van der Waals surface area contributed by atoms with Crippen molar-refractivity contribution >= 4 is 0 Å². The number of morpholine rings is 1. The van der Waals surface area contributed by atoms with Crippen LogP contribution in [0.5, 0.6) is 0 Å². The van der Waals surface area contributed by atoms with Crippen molar-refractivity contribution in [3.05, 3.63) is 0 Å². The van der Waals surface area contributed by atoms with Crippen molar-refractivity contribution in [2.45, 2.75) is 52.2 Å². The Balaban J connectivity index is 2.59. The summed E-state index contributed by atoms with van der Waals surface area (Å²) in [6.45, 7) is 10.8. The van der Waals surface area contributed by atoms with Crippen LogP contribution >= 0.6 is 0 Å². The minimum Gasteiger partial charge on any atom is -0.378 e. The van der Waals surface area contributed by atoms with E-state index in [9.17, 15) is 0 Å². The summed E-state index contributed by atoms with van der Waals surface area (Å²) in [5.74, 6) is 0. The molecule has 1 heterocycles. The number of hydrogen-bond donors (Lipinski definition) is 0. The van der Waals surface area contributed by atoms with Crippen LogP contribution in [0.1, 0.15) is 34.1 Å². The predicted molar refractivity (Wildman–Crippen MR) is 51.3 cm³/mol. The molecule has 2 heteroatoms. The molecule has 1 rings (SSSR count). The first-order valence-electron chi connectivity index (χ1n) is 5.02. The second kappa shape index (κ2) is 4.24. The quantitative estimate of drug-likeness (QED) is 0.629. The third-order valence-corrected chi connectivity index (χ3v) is 2.67. The molecule has 72 valence electrons. The molecule has 12 heavy (non-hydrogen) atoms. The van der Waals surface area contributed by atoms with E-state index in [1.807, 2.05) is 0 Å². The van der Waals surface area contributed by atoms with Gasteiger partial charge in [-0.2, -0.15) is 0 Å². The van der Waals surface area contributed by atoms with Gasteiger partial charge in [0.2, 0.25) is 0 Å². The molecule has 1 aliphatic heterocycles. The van der Waals surface area contributed by atoms with E-state index in [1.165, 1.54) is 6.42 Å². The fourth-order valence-electron chi connectivity index (χ4n) is 2.17. The molecule has 2 unspecified atom stereocenters. The Labute approximate surface area is 75.9 Å². The molecular formula is C10H21NO. The highest BCUT2D eigenvalue weighted by Gasteiger charge is 2.28. The minimum absolute atomic E-state index is 0.587. The molecule has 0 bridgehead atoms. The van der Waals surface area contributed by atoms with Gasteiger partial charge < -0.3 is 4.74 Å². The zero-order valence-corrected chi connectivity index (χ0v) is 8.71. The maximum Gasteiger partial charge on any atom is 0.0622 e. The van der Waals surface area contributed by atoms with Crippen LogP contribution in [0.25, 0.3) is 0 Å². The summed E-state index contributed by atoms with van der Waals surface area (Å²) in [4.78, 5) is 2.57. The highest BCUT2D eigenvalue weighted by Crippen LogP contribution is 2.18. The van der Waals surface area contributed by atoms with Gasteiger partial charge in [0.1, 0.15) is 0 Å². The van der Waals surface area contributed by atoms with Crippen LogP contribution in [0.2, 0.25) is 0 Å². The Morgan fingerprint density at radius 3 is 2.50 bits per heavy atom. The zero-order valence-electron chi connectivity index (χ0n) is 8.71. The lowest BCUT2D eigenvalue weighted by Crippen LogP contribution is -2.53. The van der Waals surface area contributed by atoms with Gasteiger partial charge in [0.05, 0.1) is 13.2 Å². The van der Waals surface area contributed by atoms with Crippen molar-refractivity contribution in [1.82, 2.24) is 4.90 Å². The molecule has 0 aromatic heterocycles. The molecule has 0 radical (unpaired) electrons. The Bertz CT molecular complexity index is 136. The summed E-state index contributed by atoms with van der Waals surface area (Å²) >= 11 is 0. The van der Waals surface area contributed by atoms with Crippen LogP contribution in [0, 0.1) is 0 Å². The van der Waals surface area contributed by atoms with Gasteiger partial charge in [-0.05, 0) is 27.2 Å². The fourth-order valence-corrected chi connectivity index (χ4v) is 2.17. The molecule has 0 aromatic carbocycles. The number of ether oxygens (including phenoxy) is 1. The maximum atomic E-state index is 5.52. The van der Waals surface area contributed by atoms with Gasteiger partial charge in [0, 0.05) is 18.1 Å². The van der Waals surface area contributed by atoms with Crippen LogP contribution in [-0.4, -0.2) is 36.2 Å². The molecule has 1 aliphatic rings. The summed E-state index contributed by atoms with van der Waals surface area (Å²) in [7, 11) is 0. The van der Waals surface area contributed by atoms with Crippen LogP contribution in [0.15, 0.2) is 0 Å². The van der Waals surface area contributed by atoms with Gasteiger partial charge in [-0.25, -0.2) is 0 Å². The van der Waals surface area contributed by atoms with Gasteiger partial charge >= 0.3 is 0 Å². The molecule has 0 spiro atoms. The van der Waals surface area contributed by atoms with Crippen LogP contribution < -0.4 is 0 Å². The van der Waals surface area contributed by atoms with E-state index in [0.29, 0.717) is 18.1 Å². The van der Waals surface area contributed by atoms with E-state index in [2.05, 4.69) is 32.6 Å². The lowest BCUT2D eigenvalue weighted by molar-refractivity contribution is -0.0588. The van der Waals surface area contributed by atoms with Crippen LogP contribution in [-0.2, 0) is 4.74 Å². The third-order valence-electron chi connectivity index (χ3n) is 2.67. The lowest BCUT2D eigenvalue weighted by atomic mass is 10.1. The first kappa shape index (κ1) is 10.0. The smallest absolute Gasteiger partial charge is 0.0622 e. The van der Waals surface area contributed by atoms with Gasteiger partial charge in [-0.3, -0.25) is 4.90 Å². The summed E-state index contributed by atoms with van der Waals surface area (Å²) in [6.07, 6.45) is 1.20. The van der Waals surface area contributed by atoms with E-state index in [0.717, 1.165) is 13.2 Å². The van der Waals surface area contributed by atoms with Gasteiger partial charge in [-0.1, -0.05) is 6.92 Å². The van der Waals surface area contributed by atoms with Gasteiger partial charge in [0.25, 0.3) is 0 Å². The molecule has 2 atom stereocenters. The fraction of sp³-hybridized carbons (Fsp3) is 1.00. The second-order valence-electron chi connectivity index (χ2n) is 3.99. The summed E-state index contributed by atoms with van der Waals surface area (Å²) in [5, 5.41) is 0. The predicted octanol–water partition coefficient (Wildman–Crippen LogP) is 1.89. The van der Waals surface area contributed by atoms with Crippen molar-refractivity contribution < 1.29 is 4.74 Å². The molecule has 0 saturated carbocycles. The average molecular weight is 171 g/mol. The van der Waals surface area contributed by atoms with E-state index in [1.54, 1.807) is 0 Å².